The third-order valence-corrected chi connectivity index (χ3v) is 3.30. The van der Waals surface area contributed by atoms with E-state index in [1.165, 1.54) is 0 Å². The van der Waals surface area contributed by atoms with Gasteiger partial charge in [-0.3, -0.25) is 9.63 Å². The van der Waals surface area contributed by atoms with Crippen LogP contribution in [0.5, 0.6) is 0 Å². The summed E-state index contributed by atoms with van der Waals surface area (Å²) in [4.78, 5) is 27.8. The van der Waals surface area contributed by atoms with Crippen molar-refractivity contribution in [3.63, 3.8) is 0 Å². The number of hydrogen-bond donors (Lipinski definition) is 3. The van der Waals surface area contributed by atoms with Gasteiger partial charge in [0.05, 0.1) is 6.10 Å². The van der Waals surface area contributed by atoms with E-state index in [0.717, 1.165) is 31.2 Å². The van der Waals surface area contributed by atoms with E-state index in [1.54, 1.807) is 24.3 Å². The molecule has 1 aromatic rings. The molecule has 0 aromatic heterocycles. The number of rotatable bonds is 5. The third-order valence-electron chi connectivity index (χ3n) is 3.30. The Kier molecular flexibility index (Phi) is 4.95. The standard InChI is InChI=1S/C14H19N3O3/c15-14(19)16-9-10-5-7-11(8-6-10)13(18)17-20-12-3-1-2-4-12/h5-8,12H,1-4,9H2,(H,17,18)(H3,15,16,19). The molecular weight excluding hydrogens is 258 g/mol. The van der Waals surface area contributed by atoms with Crippen LogP contribution in [-0.2, 0) is 11.4 Å². The van der Waals surface area contributed by atoms with Crippen LogP contribution < -0.4 is 16.5 Å². The van der Waals surface area contributed by atoms with Crippen LogP contribution in [-0.4, -0.2) is 18.0 Å². The monoisotopic (exact) mass is 277 g/mol. The van der Waals surface area contributed by atoms with Crippen molar-refractivity contribution in [1.29, 1.82) is 0 Å². The molecule has 0 saturated heterocycles. The molecular formula is C14H19N3O3. The molecule has 108 valence electrons. The minimum Gasteiger partial charge on any atom is -0.352 e. The van der Waals surface area contributed by atoms with Gasteiger partial charge in [-0.1, -0.05) is 25.0 Å². The molecule has 1 aliphatic rings. The molecule has 0 radical (unpaired) electrons. The van der Waals surface area contributed by atoms with Crippen LogP contribution in [0.2, 0.25) is 0 Å². The number of amides is 3. The lowest BCUT2D eigenvalue weighted by Gasteiger charge is -2.11. The summed E-state index contributed by atoms with van der Waals surface area (Å²) in [7, 11) is 0. The first kappa shape index (κ1) is 14.3. The lowest BCUT2D eigenvalue weighted by atomic mass is 10.1. The summed E-state index contributed by atoms with van der Waals surface area (Å²) in [6.45, 7) is 0.343. The smallest absolute Gasteiger partial charge is 0.312 e. The summed E-state index contributed by atoms with van der Waals surface area (Å²) in [6.07, 6.45) is 4.44. The molecule has 6 nitrogen and oxygen atoms in total. The third kappa shape index (κ3) is 4.24. The van der Waals surface area contributed by atoms with E-state index in [4.69, 9.17) is 10.6 Å². The Morgan fingerprint density at radius 2 is 1.85 bits per heavy atom. The first-order valence-corrected chi connectivity index (χ1v) is 6.73. The van der Waals surface area contributed by atoms with E-state index in [2.05, 4.69) is 10.8 Å². The maximum atomic E-state index is 11.9. The minimum atomic E-state index is -0.572. The normalized spacial score (nSPS) is 15.0. The van der Waals surface area contributed by atoms with Crippen molar-refractivity contribution in [2.45, 2.75) is 38.3 Å². The molecule has 1 aromatic carbocycles. The van der Waals surface area contributed by atoms with Crippen molar-refractivity contribution in [2.24, 2.45) is 5.73 Å². The van der Waals surface area contributed by atoms with E-state index in [9.17, 15) is 9.59 Å². The molecule has 1 saturated carbocycles. The van der Waals surface area contributed by atoms with Gasteiger partial charge in [0, 0.05) is 12.1 Å². The van der Waals surface area contributed by atoms with Gasteiger partial charge in [-0.15, -0.1) is 0 Å². The molecule has 0 spiro atoms. The van der Waals surface area contributed by atoms with E-state index < -0.39 is 6.03 Å². The Hall–Kier alpha value is -2.08. The molecule has 1 aliphatic carbocycles. The van der Waals surface area contributed by atoms with Crippen LogP contribution in [0.25, 0.3) is 0 Å². The average molecular weight is 277 g/mol. The van der Waals surface area contributed by atoms with Crippen LogP contribution in [0.15, 0.2) is 24.3 Å². The van der Waals surface area contributed by atoms with E-state index >= 15 is 0 Å². The fourth-order valence-electron chi connectivity index (χ4n) is 2.17. The highest BCUT2D eigenvalue weighted by atomic mass is 16.7. The molecule has 0 unspecified atom stereocenters. The first-order valence-electron chi connectivity index (χ1n) is 6.73. The molecule has 1 fully saturated rings. The van der Waals surface area contributed by atoms with Crippen LogP contribution >= 0.6 is 0 Å². The van der Waals surface area contributed by atoms with Crippen molar-refractivity contribution in [3.8, 4) is 0 Å². The van der Waals surface area contributed by atoms with Crippen molar-refractivity contribution < 1.29 is 14.4 Å². The molecule has 0 atom stereocenters. The predicted molar refractivity (Wildman–Crippen MR) is 73.7 cm³/mol. The summed E-state index contributed by atoms with van der Waals surface area (Å²) >= 11 is 0. The fraction of sp³-hybridized carbons (Fsp3) is 0.429. The number of primary amides is 1. The second kappa shape index (κ2) is 6.91. The van der Waals surface area contributed by atoms with Crippen molar-refractivity contribution in [2.75, 3.05) is 0 Å². The Labute approximate surface area is 117 Å². The number of nitrogens with one attached hydrogen (secondary N) is 2. The van der Waals surface area contributed by atoms with Gasteiger partial charge in [0.1, 0.15) is 0 Å². The zero-order valence-corrected chi connectivity index (χ0v) is 11.2. The van der Waals surface area contributed by atoms with Crippen LogP contribution in [0.1, 0.15) is 41.6 Å². The van der Waals surface area contributed by atoms with Gasteiger partial charge in [-0.05, 0) is 30.5 Å². The van der Waals surface area contributed by atoms with Crippen molar-refractivity contribution in [3.05, 3.63) is 35.4 Å². The van der Waals surface area contributed by atoms with Gasteiger partial charge in [-0.25, -0.2) is 10.3 Å². The molecule has 4 N–H and O–H groups in total. The fourth-order valence-corrected chi connectivity index (χ4v) is 2.17. The summed E-state index contributed by atoms with van der Waals surface area (Å²) in [5, 5.41) is 2.49. The van der Waals surface area contributed by atoms with Crippen molar-refractivity contribution >= 4 is 11.9 Å². The SMILES string of the molecule is NC(=O)NCc1ccc(C(=O)NOC2CCCC2)cc1. The number of hydrogen-bond acceptors (Lipinski definition) is 3. The van der Waals surface area contributed by atoms with Crippen LogP contribution in [0.4, 0.5) is 4.79 Å². The highest BCUT2D eigenvalue weighted by Crippen LogP contribution is 2.20. The van der Waals surface area contributed by atoms with Gasteiger partial charge in [-0.2, -0.15) is 0 Å². The Morgan fingerprint density at radius 3 is 2.45 bits per heavy atom. The molecule has 20 heavy (non-hydrogen) atoms. The highest BCUT2D eigenvalue weighted by Gasteiger charge is 2.17. The first-order chi connectivity index (χ1) is 9.65. The van der Waals surface area contributed by atoms with Gasteiger partial charge in [0.25, 0.3) is 5.91 Å². The maximum absolute atomic E-state index is 11.9. The average Bonchev–Trinajstić information content (AvgIpc) is 2.96. The number of nitrogens with two attached hydrogens (primary N) is 1. The summed E-state index contributed by atoms with van der Waals surface area (Å²) in [6, 6.07) is 6.33. The summed E-state index contributed by atoms with van der Waals surface area (Å²) < 4.78 is 0. The van der Waals surface area contributed by atoms with E-state index in [0.29, 0.717) is 12.1 Å². The topological polar surface area (TPSA) is 93.5 Å². The van der Waals surface area contributed by atoms with Gasteiger partial charge >= 0.3 is 6.03 Å². The van der Waals surface area contributed by atoms with Crippen LogP contribution in [0, 0.1) is 0 Å². The van der Waals surface area contributed by atoms with Crippen LogP contribution in [0.3, 0.4) is 0 Å². The highest BCUT2D eigenvalue weighted by molar-refractivity contribution is 5.93. The van der Waals surface area contributed by atoms with E-state index in [1.807, 2.05) is 0 Å². The molecule has 0 bridgehead atoms. The Balaban J connectivity index is 1.81. The molecule has 0 aliphatic heterocycles. The number of benzene rings is 1. The summed E-state index contributed by atoms with van der Waals surface area (Å²) in [5.74, 6) is -0.258. The summed E-state index contributed by atoms with van der Waals surface area (Å²) in [5.41, 5.74) is 8.86. The minimum absolute atomic E-state index is 0.137. The quantitative estimate of drug-likeness (QED) is 0.711. The lowest BCUT2D eigenvalue weighted by Crippen LogP contribution is -2.29. The zero-order valence-electron chi connectivity index (χ0n) is 11.2. The molecule has 3 amide bonds. The zero-order chi connectivity index (χ0) is 14.4. The Bertz CT molecular complexity index is 467. The second-order valence-electron chi connectivity index (χ2n) is 4.87. The molecule has 0 heterocycles. The largest absolute Gasteiger partial charge is 0.352 e. The predicted octanol–water partition coefficient (Wildman–Crippen LogP) is 1.46. The molecule has 6 heteroatoms. The number of carbonyl (C=O) groups excluding carboxylic acids is 2. The lowest BCUT2D eigenvalue weighted by molar-refractivity contribution is -0.0124. The van der Waals surface area contributed by atoms with E-state index in [-0.39, 0.29) is 12.0 Å². The maximum Gasteiger partial charge on any atom is 0.312 e. The molecule has 2 rings (SSSR count). The number of carbonyl (C=O) groups is 2. The number of hydroxylamine groups is 1. The second-order valence-corrected chi connectivity index (χ2v) is 4.87. The number of urea groups is 1. The van der Waals surface area contributed by atoms with Gasteiger partial charge in [0.2, 0.25) is 0 Å². The van der Waals surface area contributed by atoms with Crippen molar-refractivity contribution in [1.82, 2.24) is 10.8 Å². The van der Waals surface area contributed by atoms with Gasteiger partial charge < -0.3 is 11.1 Å². The van der Waals surface area contributed by atoms with Gasteiger partial charge in [0.15, 0.2) is 0 Å². The Morgan fingerprint density at radius 1 is 1.20 bits per heavy atom.